The summed E-state index contributed by atoms with van der Waals surface area (Å²) in [5.41, 5.74) is 1.04. The van der Waals surface area contributed by atoms with Gasteiger partial charge in [0.25, 0.3) is 0 Å². The molecule has 8 heteroatoms. The van der Waals surface area contributed by atoms with Gasteiger partial charge in [0.05, 0.1) is 32.3 Å². The zero-order chi connectivity index (χ0) is 23.9. The first kappa shape index (κ1) is 24.8. The number of piperazine rings is 1. The number of benzene rings is 1. The van der Waals surface area contributed by atoms with Crippen molar-refractivity contribution in [2.24, 2.45) is 5.92 Å². The zero-order valence-corrected chi connectivity index (χ0v) is 20.8. The molecule has 2 saturated heterocycles. The van der Waals surface area contributed by atoms with Crippen molar-refractivity contribution in [2.45, 2.75) is 45.6 Å². The van der Waals surface area contributed by atoms with Gasteiger partial charge in [-0.2, -0.15) is 0 Å². The molecule has 1 aromatic rings. The number of carbonyl (C=O) groups is 2. The summed E-state index contributed by atoms with van der Waals surface area (Å²) < 4.78 is 11.6. The molecule has 34 heavy (non-hydrogen) atoms. The number of hydrogen-bond donors (Lipinski definition) is 1. The largest absolute Gasteiger partial charge is 0.490 e. The molecule has 0 saturated carbocycles. The first-order valence-corrected chi connectivity index (χ1v) is 12.9. The summed E-state index contributed by atoms with van der Waals surface area (Å²) in [5, 5.41) is 3.24. The number of hydrogen-bond acceptors (Lipinski definition) is 6. The summed E-state index contributed by atoms with van der Waals surface area (Å²) in [6.45, 7) is 11.5. The van der Waals surface area contributed by atoms with E-state index in [9.17, 15) is 9.59 Å². The maximum atomic E-state index is 12.9. The Bertz CT molecular complexity index is 832. The van der Waals surface area contributed by atoms with Crippen LogP contribution in [0.5, 0.6) is 11.5 Å². The third-order valence-corrected chi connectivity index (χ3v) is 7.01. The molecule has 3 aliphatic rings. The van der Waals surface area contributed by atoms with Crippen LogP contribution in [0.1, 0.15) is 51.1 Å². The molecule has 0 aromatic heterocycles. The minimum atomic E-state index is -0.0897. The number of piperidine rings is 1. The van der Waals surface area contributed by atoms with E-state index < -0.39 is 0 Å². The molecule has 8 nitrogen and oxygen atoms in total. The molecular weight excluding hydrogens is 432 g/mol. The lowest BCUT2D eigenvalue weighted by Crippen LogP contribution is -2.52. The second-order valence-electron chi connectivity index (χ2n) is 10.0. The highest BCUT2D eigenvalue weighted by molar-refractivity contribution is 5.79. The van der Waals surface area contributed by atoms with Crippen LogP contribution >= 0.6 is 0 Å². The van der Waals surface area contributed by atoms with Gasteiger partial charge in [0.1, 0.15) is 0 Å². The van der Waals surface area contributed by atoms with Crippen LogP contribution in [0.25, 0.3) is 0 Å². The normalized spacial score (nSPS) is 20.6. The molecule has 0 bridgehead atoms. The van der Waals surface area contributed by atoms with Crippen molar-refractivity contribution < 1.29 is 19.1 Å². The third kappa shape index (κ3) is 6.63. The average Bonchev–Trinajstić information content (AvgIpc) is 3.09. The van der Waals surface area contributed by atoms with Crippen molar-refractivity contribution in [2.75, 3.05) is 65.6 Å². The molecule has 1 aromatic carbocycles. The van der Waals surface area contributed by atoms with E-state index >= 15 is 0 Å². The monoisotopic (exact) mass is 472 g/mol. The van der Waals surface area contributed by atoms with Gasteiger partial charge in [0.2, 0.25) is 11.8 Å². The highest BCUT2D eigenvalue weighted by atomic mass is 16.5. The number of nitrogens with one attached hydrogen (secondary N) is 1. The third-order valence-electron chi connectivity index (χ3n) is 7.01. The van der Waals surface area contributed by atoms with Gasteiger partial charge in [-0.3, -0.25) is 19.4 Å². The molecule has 1 N–H and O–H groups in total. The summed E-state index contributed by atoms with van der Waals surface area (Å²) in [4.78, 5) is 31.9. The molecule has 0 aliphatic carbocycles. The van der Waals surface area contributed by atoms with Gasteiger partial charge < -0.3 is 19.7 Å². The van der Waals surface area contributed by atoms with Gasteiger partial charge in [0.15, 0.2) is 11.5 Å². The Morgan fingerprint density at radius 1 is 0.853 bits per heavy atom. The van der Waals surface area contributed by atoms with E-state index in [-0.39, 0.29) is 23.8 Å². The Balaban J connectivity index is 1.25. The fourth-order valence-electron chi connectivity index (χ4n) is 4.97. The maximum absolute atomic E-state index is 12.9. The Morgan fingerprint density at radius 3 is 2.18 bits per heavy atom. The number of likely N-dealkylation sites (tertiary alicyclic amines) is 1. The van der Waals surface area contributed by atoms with Crippen molar-refractivity contribution in [1.29, 1.82) is 0 Å². The lowest BCUT2D eigenvalue weighted by atomic mass is 9.95. The predicted molar refractivity (Wildman–Crippen MR) is 131 cm³/mol. The molecular formula is C26H40N4O4. The Labute approximate surface area is 203 Å². The van der Waals surface area contributed by atoms with E-state index in [0.29, 0.717) is 26.3 Å². The Kier molecular flexibility index (Phi) is 8.67. The van der Waals surface area contributed by atoms with E-state index in [4.69, 9.17) is 9.47 Å². The minimum Gasteiger partial charge on any atom is -0.490 e. The second kappa shape index (κ2) is 11.9. The lowest BCUT2D eigenvalue weighted by molar-refractivity contribution is -0.134. The minimum absolute atomic E-state index is 0.0312. The van der Waals surface area contributed by atoms with E-state index in [1.165, 1.54) is 6.42 Å². The SMILES string of the molecule is CC(C)[C@H](NC(=O)CN1CCN(CC(=O)N2CCCCC2)CC1)c1ccc2c(c1)OCCCO2. The van der Waals surface area contributed by atoms with Crippen LogP contribution in [0.15, 0.2) is 18.2 Å². The van der Waals surface area contributed by atoms with Crippen molar-refractivity contribution in [3.63, 3.8) is 0 Å². The molecule has 0 unspecified atom stereocenters. The Morgan fingerprint density at radius 2 is 1.50 bits per heavy atom. The van der Waals surface area contributed by atoms with Crippen LogP contribution in [0.4, 0.5) is 0 Å². The highest BCUT2D eigenvalue weighted by Crippen LogP contribution is 2.34. The van der Waals surface area contributed by atoms with Gasteiger partial charge in [-0.15, -0.1) is 0 Å². The molecule has 3 aliphatic heterocycles. The molecule has 2 amide bonds. The van der Waals surface area contributed by atoms with Crippen LogP contribution in [0.2, 0.25) is 0 Å². The quantitative estimate of drug-likeness (QED) is 0.657. The average molecular weight is 473 g/mol. The lowest BCUT2D eigenvalue weighted by Gasteiger charge is -2.36. The van der Waals surface area contributed by atoms with Crippen LogP contribution in [-0.4, -0.2) is 92.1 Å². The first-order valence-electron chi connectivity index (χ1n) is 12.9. The van der Waals surface area contributed by atoms with Gasteiger partial charge in [-0.25, -0.2) is 0 Å². The summed E-state index contributed by atoms with van der Waals surface area (Å²) in [6, 6.07) is 5.88. The number of carbonyl (C=O) groups excluding carboxylic acids is 2. The van der Waals surface area contributed by atoms with Gasteiger partial charge >= 0.3 is 0 Å². The number of amides is 2. The number of nitrogens with zero attached hydrogens (tertiary/aromatic N) is 3. The van der Waals surface area contributed by atoms with E-state index in [1.54, 1.807) is 0 Å². The van der Waals surface area contributed by atoms with Crippen molar-refractivity contribution in [3.8, 4) is 11.5 Å². The predicted octanol–water partition coefficient (Wildman–Crippen LogP) is 2.29. The summed E-state index contributed by atoms with van der Waals surface area (Å²) >= 11 is 0. The molecule has 4 rings (SSSR count). The van der Waals surface area contributed by atoms with Gasteiger partial charge in [0, 0.05) is 45.7 Å². The van der Waals surface area contributed by atoms with Crippen LogP contribution < -0.4 is 14.8 Å². The zero-order valence-electron chi connectivity index (χ0n) is 20.8. The van der Waals surface area contributed by atoms with Crippen LogP contribution in [-0.2, 0) is 9.59 Å². The smallest absolute Gasteiger partial charge is 0.236 e. The fraction of sp³-hybridized carbons (Fsp3) is 0.692. The fourth-order valence-corrected chi connectivity index (χ4v) is 4.97. The Hall–Kier alpha value is -2.32. The number of rotatable bonds is 7. The second-order valence-corrected chi connectivity index (χ2v) is 10.0. The molecule has 2 fully saturated rings. The molecule has 1 atom stereocenters. The highest BCUT2D eigenvalue weighted by Gasteiger charge is 2.25. The summed E-state index contributed by atoms with van der Waals surface area (Å²) in [7, 11) is 0. The van der Waals surface area contributed by atoms with Crippen molar-refractivity contribution >= 4 is 11.8 Å². The van der Waals surface area contributed by atoms with Crippen molar-refractivity contribution in [1.82, 2.24) is 20.0 Å². The van der Waals surface area contributed by atoms with E-state index in [2.05, 4.69) is 29.0 Å². The number of ether oxygens (including phenoxy) is 2. The van der Waals surface area contributed by atoms with Gasteiger partial charge in [-0.05, 0) is 42.9 Å². The van der Waals surface area contributed by atoms with E-state index in [0.717, 1.165) is 75.6 Å². The number of fused-ring (bicyclic) bond motifs is 1. The topological polar surface area (TPSA) is 74.4 Å². The molecule has 3 heterocycles. The summed E-state index contributed by atoms with van der Waals surface area (Å²) in [5.74, 6) is 2.05. The van der Waals surface area contributed by atoms with E-state index in [1.807, 2.05) is 23.1 Å². The molecule has 0 radical (unpaired) electrons. The van der Waals surface area contributed by atoms with Crippen molar-refractivity contribution in [3.05, 3.63) is 23.8 Å². The van der Waals surface area contributed by atoms with Crippen LogP contribution in [0.3, 0.4) is 0 Å². The standard InChI is InChI=1S/C26H40N4O4/c1-20(2)26(21-7-8-22-23(17-21)34-16-6-15-33-22)27-24(31)18-28-11-13-29(14-12-28)19-25(32)30-9-4-3-5-10-30/h7-8,17,20,26H,3-6,9-16,18-19H2,1-2H3,(H,27,31)/t26-/m0/s1. The van der Waals surface area contributed by atoms with Crippen LogP contribution in [0, 0.1) is 5.92 Å². The summed E-state index contributed by atoms with van der Waals surface area (Å²) in [6.07, 6.45) is 4.35. The molecule has 188 valence electrons. The molecule has 0 spiro atoms. The first-order chi connectivity index (χ1) is 16.5. The van der Waals surface area contributed by atoms with Gasteiger partial charge in [-0.1, -0.05) is 19.9 Å². The maximum Gasteiger partial charge on any atom is 0.236 e.